The predicted octanol–water partition coefficient (Wildman–Crippen LogP) is 2.27. The van der Waals surface area contributed by atoms with Crippen LogP contribution in [0.15, 0.2) is 12.1 Å². The molecule has 1 unspecified atom stereocenters. The lowest BCUT2D eigenvalue weighted by atomic mass is 10.2. The summed E-state index contributed by atoms with van der Waals surface area (Å²) < 4.78 is 38.8. The molecular weight excluding hydrogens is 217 g/mol. The van der Waals surface area contributed by atoms with Gasteiger partial charge in [0.25, 0.3) is 0 Å². The lowest BCUT2D eigenvalue weighted by Gasteiger charge is -2.13. The fourth-order valence-electron chi connectivity index (χ4n) is 1.83. The quantitative estimate of drug-likeness (QED) is 0.778. The summed E-state index contributed by atoms with van der Waals surface area (Å²) in [6, 6.07) is 2.40. The topological polar surface area (TPSA) is 24.1 Å². The lowest BCUT2D eigenvalue weighted by molar-refractivity contribution is 0.448. The summed E-state index contributed by atoms with van der Waals surface area (Å²) in [5, 5.41) is 6.00. The first-order valence-electron chi connectivity index (χ1n) is 5.29. The van der Waals surface area contributed by atoms with Crippen molar-refractivity contribution in [2.24, 2.45) is 0 Å². The van der Waals surface area contributed by atoms with Gasteiger partial charge in [0.15, 0.2) is 17.5 Å². The zero-order chi connectivity index (χ0) is 11.5. The molecule has 1 heterocycles. The number of benzene rings is 1. The molecule has 0 radical (unpaired) electrons. The normalized spacial score (nSPS) is 20.1. The van der Waals surface area contributed by atoms with Gasteiger partial charge < -0.3 is 10.6 Å². The Hall–Kier alpha value is -1.23. The van der Waals surface area contributed by atoms with Crippen molar-refractivity contribution < 1.29 is 13.2 Å². The molecule has 1 saturated heterocycles. The molecule has 0 saturated carbocycles. The third kappa shape index (κ3) is 2.29. The number of halogens is 3. The lowest BCUT2D eigenvalue weighted by Crippen LogP contribution is -2.29. The van der Waals surface area contributed by atoms with E-state index >= 15 is 0 Å². The molecule has 2 N–H and O–H groups in total. The maximum absolute atomic E-state index is 13.2. The van der Waals surface area contributed by atoms with Gasteiger partial charge in [-0.15, -0.1) is 0 Å². The van der Waals surface area contributed by atoms with E-state index in [1.165, 1.54) is 6.07 Å². The Bertz CT molecular complexity index is 376. The Morgan fingerprint density at radius 3 is 2.75 bits per heavy atom. The van der Waals surface area contributed by atoms with E-state index in [9.17, 15) is 13.2 Å². The Morgan fingerprint density at radius 2 is 2.06 bits per heavy atom. The van der Waals surface area contributed by atoms with Crippen molar-refractivity contribution in [1.82, 2.24) is 5.32 Å². The third-order valence-corrected chi connectivity index (χ3v) is 2.74. The van der Waals surface area contributed by atoms with Crippen molar-refractivity contribution >= 4 is 5.69 Å². The number of anilines is 1. The minimum absolute atomic E-state index is 0.00704. The van der Waals surface area contributed by atoms with Gasteiger partial charge in [-0.25, -0.2) is 13.2 Å². The number of rotatable bonds is 3. The second-order valence-electron chi connectivity index (χ2n) is 3.90. The van der Waals surface area contributed by atoms with Gasteiger partial charge in [0.2, 0.25) is 0 Å². The summed E-state index contributed by atoms with van der Waals surface area (Å²) in [7, 11) is 0. The van der Waals surface area contributed by atoms with Crippen LogP contribution in [0.25, 0.3) is 0 Å². The molecule has 2 nitrogen and oxygen atoms in total. The van der Waals surface area contributed by atoms with E-state index in [2.05, 4.69) is 10.6 Å². The van der Waals surface area contributed by atoms with Gasteiger partial charge in [0, 0.05) is 12.6 Å². The van der Waals surface area contributed by atoms with Gasteiger partial charge >= 0.3 is 0 Å². The van der Waals surface area contributed by atoms with E-state index in [4.69, 9.17) is 0 Å². The average molecular weight is 230 g/mol. The fraction of sp³-hybridized carbons (Fsp3) is 0.455. The molecule has 1 aliphatic heterocycles. The van der Waals surface area contributed by atoms with Gasteiger partial charge in [-0.3, -0.25) is 0 Å². The number of hydrogen-bond acceptors (Lipinski definition) is 2. The zero-order valence-corrected chi connectivity index (χ0v) is 8.69. The first kappa shape index (κ1) is 11.3. The Morgan fingerprint density at radius 1 is 1.25 bits per heavy atom. The summed E-state index contributed by atoms with van der Waals surface area (Å²) in [6.45, 7) is 1.47. The summed E-state index contributed by atoms with van der Waals surface area (Å²) in [5.41, 5.74) is 0.00704. The maximum atomic E-state index is 13.2. The van der Waals surface area contributed by atoms with Crippen LogP contribution in [0, 0.1) is 17.5 Å². The number of hydrogen-bond donors (Lipinski definition) is 2. The number of nitrogens with one attached hydrogen (secondary N) is 2. The van der Waals surface area contributed by atoms with Gasteiger partial charge in [0.1, 0.15) is 0 Å². The molecule has 0 spiro atoms. The van der Waals surface area contributed by atoms with Crippen LogP contribution in [0.2, 0.25) is 0 Å². The van der Waals surface area contributed by atoms with Crippen molar-refractivity contribution in [2.45, 2.75) is 18.9 Å². The fourth-order valence-corrected chi connectivity index (χ4v) is 1.83. The van der Waals surface area contributed by atoms with Crippen LogP contribution < -0.4 is 10.6 Å². The maximum Gasteiger partial charge on any atom is 0.196 e. The first-order valence-corrected chi connectivity index (χ1v) is 5.29. The molecule has 1 aromatic rings. The highest BCUT2D eigenvalue weighted by atomic mass is 19.2. The molecule has 0 bridgehead atoms. The summed E-state index contributed by atoms with van der Waals surface area (Å²) in [6.07, 6.45) is 2.10. The van der Waals surface area contributed by atoms with Crippen molar-refractivity contribution in [3.63, 3.8) is 0 Å². The second-order valence-corrected chi connectivity index (χ2v) is 3.90. The Labute approximate surface area is 91.8 Å². The molecule has 0 aromatic heterocycles. The molecule has 1 atom stereocenters. The molecule has 1 aromatic carbocycles. The molecule has 5 heteroatoms. The zero-order valence-electron chi connectivity index (χ0n) is 8.69. The second kappa shape index (κ2) is 4.74. The molecular formula is C11H13F3N2. The minimum atomic E-state index is -1.43. The van der Waals surface area contributed by atoms with Crippen LogP contribution in [-0.2, 0) is 0 Å². The molecule has 0 aliphatic carbocycles. The van der Waals surface area contributed by atoms with E-state index in [-0.39, 0.29) is 11.7 Å². The van der Waals surface area contributed by atoms with E-state index < -0.39 is 17.5 Å². The SMILES string of the molecule is Fc1ccc(NCC2CCCN2)c(F)c1F. The van der Waals surface area contributed by atoms with Crippen molar-refractivity contribution in [1.29, 1.82) is 0 Å². The van der Waals surface area contributed by atoms with Gasteiger partial charge in [0.05, 0.1) is 5.69 Å². The largest absolute Gasteiger partial charge is 0.381 e. The summed E-state index contributed by atoms with van der Waals surface area (Å²) >= 11 is 0. The van der Waals surface area contributed by atoms with Crippen LogP contribution in [0.3, 0.4) is 0 Å². The first-order chi connectivity index (χ1) is 7.68. The van der Waals surface area contributed by atoms with Crippen molar-refractivity contribution in [3.05, 3.63) is 29.6 Å². The predicted molar refractivity (Wildman–Crippen MR) is 55.8 cm³/mol. The highest BCUT2D eigenvalue weighted by molar-refractivity contribution is 5.45. The van der Waals surface area contributed by atoms with Crippen LogP contribution in [-0.4, -0.2) is 19.1 Å². The molecule has 16 heavy (non-hydrogen) atoms. The van der Waals surface area contributed by atoms with E-state index in [1.54, 1.807) is 0 Å². The van der Waals surface area contributed by atoms with E-state index in [1.807, 2.05) is 0 Å². The summed E-state index contributed by atoms with van der Waals surface area (Å²) in [5.74, 6) is -3.75. The van der Waals surface area contributed by atoms with Crippen LogP contribution in [0.4, 0.5) is 18.9 Å². The smallest absolute Gasteiger partial charge is 0.196 e. The summed E-state index contributed by atoms with van der Waals surface area (Å²) in [4.78, 5) is 0. The van der Waals surface area contributed by atoms with Crippen molar-refractivity contribution in [2.75, 3.05) is 18.4 Å². The molecule has 1 aliphatic rings. The highest BCUT2D eigenvalue weighted by Crippen LogP contribution is 2.19. The van der Waals surface area contributed by atoms with Crippen LogP contribution >= 0.6 is 0 Å². The third-order valence-electron chi connectivity index (χ3n) is 2.74. The molecule has 2 rings (SSSR count). The Kier molecular flexibility index (Phi) is 3.33. The van der Waals surface area contributed by atoms with Gasteiger partial charge in [-0.2, -0.15) is 0 Å². The van der Waals surface area contributed by atoms with Gasteiger partial charge in [-0.05, 0) is 31.5 Å². The van der Waals surface area contributed by atoms with E-state index in [0.717, 1.165) is 25.5 Å². The monoisotopic (exact) mass is 230 g/mol. The molecule has 0 amide bonds. The van der Waals surface area contributed by atoms with Crippen LogP contribution in [0.5, 0.6) is 0 Å². The average Bonchev–Trinajstić information content (AvgIpc) is 2.78. The molecule has 1 fully saturated rings. The Balaban J connectivity index is 2.01. The molecule has 88 valence electrons. The van der Waals surface area contributed by atoms with E-state index in [0.29, 0.717) is 6.54 Å². The van der Waals surface area contributed by atoms with Gasteiger partial charge in [-0.1, -0.05) is 0 Å². The van der Waals surface area contributed by atoms with Crippen LogP contribution in [0.1, 0.15) is 12.8 Å². The standard InChI is InChI=1S/C11H13F3N2/c12-8-3-4-9(11(14)10(8)13)16-6-7-2-1-5-15-7/h3-4,7,15-16H,1-2,5-6H2. The van der Waals surface area contributed by atoms with Crippen molar-refractivity contribution in [3.8, 4) is 0 Å². The highest BCUT2D eigenvalue weighted by Gasteiger charge is 2.16. The minimum Gasteiger partial charge on any atom is -0.381 e.